The summed E-state index contributed by atoms with van der Waals surface area (Å²) in [6.07, 6.45) is -4.69. The van der Waals surface area contributed by atoms with Crippen molar-refractivity contribution in [3.05, 3.63) is 103 Å². The SMILES string of the molecule is O=C(COc1ccc(Br)cc1[C@H]1c2sc(=O)[nH]c2SC2C(=O)N(c3cccc(C(F)(F)F)c3)C(=O)C21)Nc1ccc(F)cc1. The number of amides is 3. The zero-order valence-electron chi connectivity index (χ0n) is 22.0. The molecule has 3 atom stereocenters. The molecule has 3 aromatic carbocycles. The summed E-state index contributed by atoms with van der Waals surface area (Å²) in [5, 5.41) is 1.88. The lowest BCUT2D eigenvalue weighted by molar-refractivity contribution is -0.137. The minimum absolute atomic E-state index is 0.183. The summed E-state index contributed by atoms with van der Waals surface area (Å²) in [6.45, 7) is -0.471. The number of H-pyrrole nitrogens is 1. The maximum absolute atomic E-state index is 14.0. The molecule has 44 heavy (non-hydrogen) atoms. The van der Waals surface area contributed by atoms with Crippen LogP contribution in [0.3, 0.4) is 0 Å². The van der Waals surface area contributed by atoms with E-state index in [1.165, 1.54) is 30.3 Å². The number of carbonyl (C=O) groups is 3. The molecule has 8 nitrogen and oxygen atoms in total. The van der Waals surface area contributed by atoms with Crippen molar-refractivity contribution < 1.29 is 36.7 Å². The fourth-order valence-corrected chi connectivity index (χ4v) is 8.08. The molecule has 2 unspecified atom stereocenters. The predicted octanol–water partition coefficient (Wildman–Crippen LogP) is 6.17. The molecular weight excluding hydrogens is 690 g/mol. The van der Waals surface area contributed by atoms with Crippen molar-refractivity contribution in [2.45, 2.75) is 22.4 Å². The Morgan fingerprint density at radius 3 is 2.50 bits per heavy atom. The van der Waals surface area contributed by atoms with Gasteiger partial charge in [-0.05, 0) is 60.7 Å². The largest absolute Gasteiger partial charge is 0.483 e. The fourth-order valence-electron chi connectivity index (χ4n) is 5.20. The van der Waals surface area contributed by atoms with Gasteiger partial charge in [-0.3, -0.25) is 19.2 Å². The number of thiazole rings is 1. The third-order valence-corrected chi connectivity index (χ3v) is 9.94. The summed E-state index contributed by atoms with van der Waals surface area (Å²) in [6, 6.07) is 13.9. The monoisotopic (exact) mass is 707 g/mol. The summed E-state index contributed by atoms with van der Waals surface area (Å²) in [7, 11) is 0. The number of hydrogen-bond acceptors (Lipinski definition) is 7. The van der Waals surface area contributed by atoms with Crippen molar-refractivity contribution in [3.63, 3.8) is 0 Å². The molecule has 0 bridgehead atoms. The number of aromatic amines is 1. The average Bonchev–Trinajstić information content (AvgIpc) is 3.47. The van der Waals surface area contributed by atoms with Gasteiger partial charge in [0.05, 0.1) is 22.2 Å². The standard InChI is InChI=1S/C29H18BrF4N3O5S2/c30-14-4-9-19(42-12-20(38)35-16-7-5-15(31)6-8-16)18(11-14)21-22-24(43-25-23(21)44-28(41)36-25)27(40)37(26(22)39)17-3-1-2-13(10-17)29(32,33)34/h1-11,21-22,24H,12H2,(H,35,38)(H,36,41)/t21-,22?,24?/m1/s1. The molecule has 0 aliphatic carbocycles. The zero-order valence-corrected chi connectivity index (χ0v) is 25.2. The highest BCUT2D eigenvalue weighted by molar-refractivity contribution is 9.10. The van der Waals surface area contributed by atoms with E-state index in [0.29, 0.717) is 25.6 Å². The number of rotatable bonds is 6. The van der Waals surface area contributed by atoms with Gasteiger partial charge in [0.15, 0.2) is 6.61 Å². The molecule has 2 aliphatic rings. The molecule has 0 spiro atoms. The minimum Gasteiger partial charge on any atom is -0.483 e. The van der Waals surface area contributed by atoms with Crippen molar-refractivity contribution in [2.75, 3.05) is 16.8 Å². The van der Waals surface area contributed by atoms with E-state index in [9.17, 15) is 36.7 Å². The molecule has 0 radical (unpaired) electrons. The van der Waals surface area contributed by atoms with Gasteiger partial charge in [0.1, 0.15) is 16.8 Å². The first-order valence-electron chi connectivity index (χ1n) is 12.8. The van der Waals surface area contributed by atoms with Crippen LogP contribution in [0.4, 0.5) is 28.9 Å². The molecule has 226 valence electrons. The van der Waals surface area contributed by atoms with Crippen LogP contribution in [-0.2, 0) is 20.6 Å². The zero-order chi connectivity index (χ0) is 31.3. The maximum atomic E-state index is 14.0. The summed E-state index contributed by atoms with van der Waals surface area (Å²) in [5.74, 6) is -4.32. The molecule has 6 rings (SSSR count). The summed E-state index contributed by atoms with van der Waals surface area (Å²) >= 11 is 5.23. The van der Waals surface area contributed by atoms with E-state index in [1.54, 1.807) is 18.2 Å². The van der Waals surface area contributed by atoms with Crippen LogP contribution in [0.1, 0.15) is 21.9 Å². The van der Waals surface area contributed by atoms with Gasteiger partial charge in [-0.1, -0.05) is 45.1 Å². The van der Waals surface area contributed by atoms with E-state index in [-0.39, 0.29) is 11.4 Å². The molecular formula is C29H18BrF4N3O5S2. The molecule has 1 saturated heterocycles. The number of thioether (sulfide) groups is 1. The van der Waals surface area contributed by atoms with Crippen LogP contribution in [0.5, 0.6) is 5.75 Å². The Balaban J connectivity index is 1.36. The molecule has 3 amide bonds. The van der Waals surface area contributed by atoms with E-state index in [0.717, 1.165) is 46.2 Å². The molecule has 1 fully saturated rings. The number of nitrogens with zero attached hydrogens (tertiary/aromatic N) is 1. The summed E-state index contributed by atoms with van der Waals surface area (Å²) in [4.78, 5) is 56.2. The number of imide groups is 1. The van der Waals surface area contributed by atoms with Gasteiger partial charge >= 0.3 is 11.0 Å². The number of nitrogens with one attached hydrogen (secondary N) is 2. The van der Waals surface area contributed by atoms with E-state index in [2.05, 4.69) is 26.2 Å². The van der Waals surface area contributed by atoms with Crippen molar-refractivity contribution in [3.8, 4) is 5.75 Å². The van der Waals surface area contributed by atoms with E-state index in [1.807, 2.05) is 0 Å². The van der Waals surface area contributed by atoms with E-state index >= 15 is 0 Å². The number of ether oxygens (including phenoxy) is 1. The van der Waals surface area contributed by atoms with Gasteiger partial charge in [-0.25, -0.2) is 9.29 Å². The quantitative estimate of drug-likeness (QED) is 0.183. The number of hydrogen-bond donors (Lipinski definition) is 2. The van der Waals surface area contributed by atoms with Crippen molar-refractivity contribution in [1.29, 1.82) is 0 Å². The highest BCUT2D eigenvalue weighted by Crippen LogP contribution is 2.55. The second kappa shape index (κ2) is 11.5. The van der Waals surface area contributed by atoms with E-state index in [4.69, 9.17) is 4.74 Å². The first kappa shape index (κ1) is 30.1. The molecule has 3 heterocycles. The normalized spacial score (nSPS) is 19.5. The fraction of sp³-hybridized carbons (Fsp3) is 0.172. The number of halogens is 5. The molecule has 1 aromatic heterocycles. The Morgan fingerprint density at radius 2 is 1.77 bits per heavy atom. The summed E-state index contributed by atoms with van der Waals surface area (Å²) < 4.78 is 60.1. The molecule has 15 heteroatoms. The van der Waals surface area contributed by atoms with Crippen LogP contribution < -0.4 is 19.8 Å². The van der Waals surface area contributed by atoms with Crippen LogP contribution in [0.2, 0.25) is 0 Å². The van der Waals surface area contributed by atoms with Gasteiger partial charge in [-0.2, -0.15) is 13.2 Å². The Labute approximate surface area is 262 Å². The van der Waals surface area contributed by atoms with Crippen LogP contribution in [0, 0.1) is 11.7 Å². The lowest BCUT2D eigenvalue weighted by Crippen LogP contribution is -2.32. The lowest BCUT2D eigenvalue weighted by atomic mass is 9.82. The van der Waals surface area contributed by atoms with Gasteiger partial charge in [0.25, 0.3) is 5.91 Å². The third-order valence-electron chi connectivity index (χ3n) is 7.05. The van der Waals surface area contributed by atoms with Crippen LogP contribution in [0.15, 0.2) is 81.0 Å². The van der Waals surface area contributed by atoms with E-state index < -0.39 is 63.8 Å². The van der Waals surface area contributed by atoms with Gasteiger partial charge in [0.2, 0.25) is 11.8 Å². The molecule has 2 aliphatic heterocycles. The number of anilines is 2. The maximum Gasteiger partial charge on any atom is 0.416 e. The van der Waals surface area contributed by atoms with Gasteiger partial charge < -0.3 is 15.0 Å². The first-order chi connectivity index (χ1) is 20.9. The third kappa shape index (κ3) is 5.66. The average molecular weight is 709 g/mol. The van der Waals surface area contributed by atoms with Crippen LogP contribution >= 0.6 is 39.0 Å². The molecule has 0 saturated carbocycles. The van der Waals surface area contributed by atoms with Crippen molar-refractivity contribution in [2.24, 2.45) is 5.92 Å². The summed E-state index contributed by atoms with van der Waals surface area (Å²) in [5.41, 5.74) is -0.509. The van der Waals surface area contributed by atoms with Crippen LogP contribution in [-0.4, -0.2) is 34.6 Å². The predicted molar refractivity (Wildman–Crippen MR) is 159 cm³/mol. The number of alkyl halides is 3. The van der Waals surface area contributed by atoms with Gasteiger partial charge in [0, 0.05) is 26.5 Å². The smallest absolute Gasteiger partial charge is 0.416 e. The number of fused-ring (bicyclic) bond motifs is 2. The Morgan fingerprint density at radius 1 is 1.02 bits per heavy atom. The molecule has 4 aromatic rings. The van der Waals surface area contributed by atoms with Gasteiger partial charge in [-0.15, -0.1) is 0 Å². The minimum atomic E-state index is -4.69. The highest BCUT2D eigenvalue weighted by atomic mass is 79.9. The molecule has 2 N–H and O–H groups in total. The van der Waals surface area contributed by atoms with Crippen LogP contribution in [0.25, 0.3) is 0 Å². The second-order valence-corrected chi connectivity index (χ2v) is 12.9. The number of aromatic nitrogens is 1. The number of carbonyl (C=O) groups excluding carboxylic acids is 3. The first-order valence-corrected chi connectivity index (χ1v) is 15.3. The number of benzene rings is 3. The Bertz CT molecular complexity index is 1860. The lowest BCUT2D eigenvalue weighted by Gasteiger charge is -2.31. The Hall–Kier alpha value is -3.95. The second-order valence-electron chi connectivity index (χ2n) is 9.84. The Kier molecular flexibility index (Phi) is 7.88. The highest BCUT2D eigenvalue weighted by Gasteiger charge is 2.57. The van der Waals surface area contributed by atoms with Crippen molar-refractivity contribution >= 4 is 68.1 Å². The topological polar surface area (TPSA) is 109 Å². The van der Waals surface area contributed by atoms with Crippen molar-refractivity contribution in [1.82, 2.24) is 4.98 Å².